The molecule has 2 atom stereocenters. The summed E-state index contributed by atoms with van der Waals surface area (Å²) >= 11 is 0. The fourth-order valence-electron chi connectivity index (χ4n) is 3.90. The molecule has 41 heavy (non-hydrogen) atoms. The molecule has 1 aromatic heterocycles. The second kappa shape index (κ2) is 11.7. The maximum atomic E-state index is 13.1. The second-order valence-corrected chi connectivity index (χ2v) is 24.2. The summed E-state index contributed by atoms with van der Waals surface area (Å²) < 4.78 is 0. The molecule has 1 aromatic carbocycles. The van der Waals surface area contributed by atoms with Gasteiger partial charge in [-0.15, -0.1) is 0 Å². The van der Waals surface area contributed by atoms with Crippen molar-refractivity contribution in [3.63, 3.8) is 0 Å². The Labute approximate surface area is 243 Å². The highest BCUT2D eigenvalue weighted by Crippen LogP contribution is 2.86. The van der Waals surface area contributed by atoms with Crippen LogP contribution in [0.4, 0.5) is 10.5 Å². The number of nitrogens with two attached hydrogens (primary N) is 1. The third kappa shape index (κ3) is 8.94. The number of benzene rings is 1. The van der Waals surface area contributed by atoms with Crippen LogP contribution in [0.15, 0.2) is 53.7 Å². The Morgan fingerprint density at radius 2 is 1.56 bits per heavy atom. The van der Waals surface area contributed by atoms with Crippen molar-refractivity contribution >= 4 is 37.7 Å². The van der Waals surface area contributed by atoms with Crippen LogP contribution in [0.1, 0.15) is 40.2 Å². The molecule has 0 aliphatic carbocycles. The van der Waals surface area contributed by atoms with E-state index in [0.717, 1.165) is 5.56 Å². The van der Waals surface area contributed by atoms with Crippen LogP contribution in [-0.2, 0) is 20.8 Å². The SMILES string of the molecule is CC(C)S(C)(C)(C)(C)c1ccc(NC(=O)NC(C(=O)NCC(=O)NC(Cc2cccnc2)C(N)=O)C(C)(C)C)cc1. The van der Waals surface area contributed by atoms with Crippen LogP contribution in [0.2, 0.25) is 0 Å². The van der Waals surface area contributed by atoms with Crippen molar-refractivity contribution in [1.82, 2.24) is 20.9 Å². The number of pyridine rings is 1. The summed E-state index contributed by atoms with van der Waals surface area (Å²) in [6.45, 7) is 9.51. The predicted octanol–water partition coefficient (Wildman–Crippen LogP) is 3.11. The number of hydrogen-bond donors (Lipinski definition) is 5. The van der Waals surface area contributed by atoms with E-state index in [9.17, 15) is 19.2 Å². The molecule has 0 aliphatic rings. The zero-order valence-electron chi connectivity index (χ0n) is 25.8. The minimum absolute atomic E-state index is 0.171. The van der Waals surface area contributed by atoms with E-state index in [2.05, 4.69) is 77.3 Å². The first kappa shape index (κ1) is 33.6. The lowest BCUT2D eigenvalue weighted by Gasteiger charge is -2.73. The third-order valence-electron chi connectivity index (χ3n) is 7.98. The van der Waals surface area contributed by atoms with Crippen LogP contribution >= 0.6 is 8.29 Å². The smallest absolute Gasteiger partial charge is 0.319 e. The number of aromatic nitrogens is 1. The Bertz CT molecular complexity index is 1260. The lowest BCUT2D eigenvalue weighted by molar-refractivity contribution is -0.130. The number of urea groups is 1. The second-order valence-electron chi connectivity index (χ2n) is 14.1. The van der Waals surface area contributed by atoms with E-state index in [4.69, 9.17) is 5.73 Å². The summed E-state index contributed by atoms with van der Waals surface area (Å²) in [6.07, 6.45) is 12.7. The molecule has 0 aliphatic heterocycles. The van der Waals surface area contributed by atoms with Crippen LogP contribution in [-0.4, -0.2) is 77.6 Å². The van der Waals surface area contributed by atoms with E-state index in [0.29, 0.717) is 10.9 Å². The van der Waals surface area contributed by atoms with Crippen LogP contribution in [0.5, 0.6) is 0 Å². The molecule has 228 valence electrons. The van der Waals surface area contributed by atoms with Crippen LogP contribution in [0.25, 0.3) is 0 Å². The minimum Gasteiger partial charge on any atom is -0.368 e. The average Bonchev–Trinajstić information content (AvgIpc) is 2.85. The zero-order chi connectivity index (χ0) is 31.3. The molecule has 11 heteroatoms. The summed E-state index contributed by atoms with van der Waals surface area (Å²) in [5.41, 5.74) is 6.12. The van der Waals surface area contributed by atoms with E-state index in [1.54, 1.807) is 24.5 Å². The number of carbonyl (C=O) groups excluding carboxylic acids is 4. The molecule has 0 bridgehead atoms. The molecule has 0 radical (unpaired) electrons. The molecule has 0 spiro atoms. The standard InChI is InChI=1S/C30H48N6O4S/c1-20(2)41(6,7,8,9)23-14-12-22(13-15-23)34-29(40)36-26(30(3,4)5)28(39)33-19-25(37)35-24(27(31)38)17-21-11-10-16-32-18-21/h10-16,18,20,24,26H,17,19H2,1-9H3,(H2,31,38)(H,33,39)(H,35,37)(H2,34,36,40). The zero-order valence-corrected chi connectivity index (χ0v) is 26.6. The quantitative estimate of drug-likeness (QED) is 0.273. The van der Waals surface area contributed by atoms with Crippen molar-refractivity contribution in [1.29, 1.82) is 0 Å². The van der Waals surface area contributed by atoms with Crippen LogP contribution in [0.3, 0.4) is 0 Å². The van der Waals surface area contributed by atoms with E-state index >= 15 is 0 Å². The Kier molecular flexibility index (Phi) is 9.60. The largest absolute Gasteiger partial charge is 0.368 e. The lowest BCUT2D eigenvalue weighted by Crippen LogP contribution is -2.56. The molecule has 0 saturated heterocycles. The van der Waals surface area contributed by atoms with Gasteiger partial charge in [0.1, 0.15) is 12.1 Å². The van der Waals surface area contributed by atoms with Crippen molar-refractivity contribution in [3.8, 4) is 0 Å². The number of rotatable bonds is 11. The molecule has 1 heterocycles. The van der Waals surface area contributed by atoms with Crippen molar-refractivity contribution < 1.29 is 19.2 Å². The summed E-state index contributed by atoms with van der Waals surface area (Å²) in [5.74, 6) is -1.82. The highest BCUT2D eigenvalue weighted by Gasteiger charge is 2.47. The van der Waals surface area contributed by atoms with Gasteiger partial charge in [-0.05, 0) is 76.5 Å². The molecular formula is C30H48N6O4S. The van der Waals surface area contributed by atoms with Gasteiger partial charge in [0, 0.05) is 24.5 Å². The van der Waals surface area contributed by atoms with E-state index < -0.39 is 56.1 Å². The highest BCUT2D eigenvalue weighted by atomic mass is 32.4. The number of amides is 5. The van der Waals surface area contributed by atoms with Gasteiger partial charge in [0.2, 0.25) is 17.7 Å². The number of anilines is 1. The van der Waals surface area contributed by atoms with Crippen molar-refractivity contribution in [2.45, 2.75) is 63.3 Å². The molecule has 0 fully saturated rings. The average molecular weight is 589 g/mol. The molecule has 2 rings (SSSR count). The Hall–Kier alpha value is -3.60. The maximum absolute atomic E-state index is 13.1. The first-order valence-corrected chi connectivity index (χ1v) is 17.7. The molecule has 6 N–H and O–H groups in total. The number of nitrogens with one attached hydrogen (secondary N) is 4. The number of nitrogens with zero attached hydrogens (tertiary/aromatic N) is 1. The fourth-order valence-corrected chi connectivity index (χ4v) is 5.83. The molecular weight excluding hydrogens is 540 g/mol. The molecule has 0 saturated carbocycles. The van der Waals surface area contributed by atoms with Crippen molar-refractivity contribution in [2.24, 2.45) is 11.1 Å². The van der Waals surface area contributed by atoms with Gasteiger partial charge in [-0.3, -0.25) is 27.7 Å². The van der Waals surface area contributed by atoms with Crippen molar-refractivity contribution in [2.75, 3.05) is 36.9 Å². The molecule has 2 aromatic rings. The van der Waals surface area contributed by atoms with E-state index in [1.165, 1.54) is 4.90 Å². The van der Waals surface area contributed by atoms with Gasteiger partial charge in [0.15, 0.2) is 0 Å². The summed E-state index contributed by atoms with van der Waals surface area (Å²) in [7, 11) is -2.51. The minimum atomic E-state index is -2.51. The van der Waals surface area contributed by atoms with E-state index in [-0.39, 0.29) is 6.42 Å². The highest BCUT2D eigenvalue weighted by molar-refractivity contribution is 8.63. The Morgan fingerprint density at radius 1 is 0.951 bits per heavy atom. The number of carbonyl (C=O) groups is 4. The fraction of sp³-hybridized carbons (Fsp3) is 0.500. The predicted molar refractivity (Wildman–Crippen MR) is 169 cm³/mol. The third-order valence-corrected chi connectivity index (χ3v) is 14.7. The molecule has 5 amide bonds. The van der Waals surface area contributed by atoms with Gasteiger partial charge in [0.05, 0.1) is 6.54 Å². The normalized spacial score (nSPS) is 15.1. The molecule has 2 unspecified atom stereocenters. The topological polar surface area (TPSA) is 155 Å². The van der Waals surface area contributed by atoms with E-state index in [1.807, 2.05) is 32.9 Å². The summed E-state index contributed by atoms with van der Waals surface area (Å²) in [4.78, 5) is 55.6. The Morgan fingerprint density at radius 3 is 2.05 bits per heavy atom. The number of hydrogen-bond acceptors (Lipinski definition) is 5. The van der Waals surface area contributed by atoms with Gasteiger partial charge < -0.3 is 27.0 Å². The van der Waals surface area contributed by atoms with Crippen LogP contribution < -0.4 is 27.0 Å². The monoisotopic (exact) mass is 588 g/mol. The lowest BCUT2D eigenvalue weighted by atomic mass is 9.86. The summed E-state index contributed by atoms with van der Waals surface area (Å²) in [5, 5.41) is 11.1. The number of primary amides is 1. The van der Waals surface area contributed by atoms with Gasteiger partial charge in [-0.25, -0.2) is 4.79 Å². The van der Waals surface area contributed by atoms with Gasteiger partial charge in [0.25, 0.3) is 0 Å². The first-order valence-electron chi connectivity index (χ1n) is 13.6. The van der Waals surface area contributed by atoms with Gasteiger partial charge >= 0.3 is 6.03 Å². The van der Waals surface area contributed by atoms with Crippen LogP contribution in [0, 0.1) is 5.41 Å². The molecule has 10 nitrogen and oxygen atoms in total. The van der Waals surface area contributed by atoms with Gasteiger partial charge in [-0.1, -0.05) is 40.7 Å². The first-order chi connectivity index (χ1) is 18.6. The summed E-state index contributed by atoms with van der Waals surface area (Å²) in [6, 6.07) is 8.88. The van der Waals surface area contributed by atoms with Gasteiger partial charge in [-0.2, -0.15) is 0 Å². The Balaban J connectivity index is 2.02. The maximum Gasteiger partial charge on any atom is 0.319 e. The van der Waals surface area contributed by atoms with Crippen molar-refractivity contribution in [3.05, 3.63) is 54.4 Å².